The van der Waals surface area contributed by atoms with Crippen LogP contribution in [-0.4, -0.2) is 11.2 Å². The van der Waals surface area contributed by atoms with E-state index < -0.39 is 0 Å². The Hall–Kier alpha value is -2.32. The third kappa shape index (κ3) is 2.16. The lowest BCUT2D eigenvalue weighted by Crippen LogP contribution is -1.84. The lowest BCUT2D eigenvalue weighted by atomic mass is 10.1. The largest absolute Gasteiger partial charge is 0.248 e. The van der Waals surface area contributed by atoms with E-state index in [4.69, 9.17) is 4.98 Å². The van der Waals surface area contributed by atoms with Crippen LogP contribution in [0.1, 0.15) is 0 Å². The SMILES string of the molecule is CSc1cc(-c2ccc3ccccc3n2)c2cccccc1-2. The lowest BCUT2D eigenvalue weighted by Gasteiger charge is -2.03. The molecule has 2 aliphatic rings. The maximum absolute atomic E-state index is 4.85. The van der Waals surface area contributed by atoms with Crippen LogP contribution in [0, 0.1) is 0 Å². The molecule has 0 bridgehead atoms. The van der Waals surface area contributed by atoms with Crippen LogP contribution >= 0.6 is 11.8 Å². The minimum atomic E-state index is 1.04. The number of fused-ring (bicyclic) bond motifs is 2. The van der Waals surface area contributed by atoms with Gasteiger partial charge in [-0.1, -0.05) is 54.6 Å². The number of nitrogens with zero attached hydrogens (tertiary/aromatic N) is 1. The maximum atomic E-state index is 4.85. The Morgan fingerprint density at radius 3 is 2.36 bits per heavy atom. The van der Waals surface area contributed by atoms with Gasteiger partial charge in [0.25, 0.3) is 0 Å². The van der Waals surface area contributed by atoms with Crippen molar-refractivity contribution in [1.29, 1.82) is 0 Å². The maximum Gasteiger partial charge on any atom is 0.0716 e. The highest BCUT2D eigenvalue weighted by atomic mass is 32.2. The zero-order valence-electron chi connectivity index (χ0n) is 12.3. The summed E-state index contributed by atoms with van der Waals surface area (Å²) in [7, 11) is 0. The molecule has 1 aromatic heterocycles. The van der Waals surface area contributed by atoms with Crippen LogP contribution in [0.4, 0.5) is 0 Å². The summed E-state index contributed by atoms with van der Waals surface area (Å²) in [5.41, 5.74) is 5.84. The van der Waals surface area contributed by atoms with Gasteiger partial charge in [-0.15, -0.1) is 11.8 Å². The third-order valence-electron chi connectivity index (χ3n) is 3.96. The van der Waals surface area contributed by atoms with E-state index in [1.165, 1.54) is 27.0 Å². The molecule has 0 aliphatic heterocycles. The van der Waals surface area contributed by atoms with Crippen molar-refractivity contribution in [3.05, 3.63) is 72.8 Å². The highest BCUT2D eigenvalue weighted by Crippen LogP contribution is 2.41. The van der Waals surface area contributed by atoms with Gasteiger partial charge in [0.1, 0.15) is 0 Å². The van der Waals surface area contributed by atoms with Gasteiger partial charge in [-0.05, 0) is 35.6 Å². The molecule has 0 spiro atoms. The first-order valence-electron chi connectivity index (χ1n) is 7.29. The molecule has 0 unspecified atom stereocenters. The molecule has 0 radical (unpaired) electrons. The average molecular weight is 301 g/mol. The van der Waals surface area contributed by atoms with Gasteiger partial charge < -0.3 is 0 Å². The normalized spacial score (nSPS) is 11.1. The quantitative estimate of drug-likeness (QED) is 0.439. The second-order valence-corrected chi connectivity index (χ2v) is 6.10. The lowest BCUT2D eigenvalue weighted by molar-refractivity contribution is 1.41. The second kappa shape index (κ2) is 5.47. The number of aromatic nitrogens is 1. The molecule has 0 N–H and O–H groups in total. The monoisotopic (exact) mass is 301 g/mol. The van der Waals surface area contributed by atoms with Crippen LogP contribution in [0.2, 0.25) is 0 Å². The van der Waals surface area contributed by atoms with E-state index in [1.807, 2.05) is 12.1 Å². The van der Waals surface area contributed by atoms with Gasteiger partial charge in [0.05, 0.1) is 11.2 Å². The fourth-order valence-corrected chi connectivity index (χ4v) is 3.51. The Labute approximate surface area is 134 Å². The van der Waals surface area contributed by atoms with Crippen molar-refractivity contribution in [1.82, 2.24) is 4.98 Å². The smallest absolute Gasteiger partial charge is 0.0716 e. The molecule has 0 fully saturated rings. The highest BCUT2D eigenvalue weighted by molar-refractivity contribution is 7.98. The van der Waals surface area contributed by atoms with Gasteiger partial charge in [-0.2, -0.15) is 0 Å². The Kier molecular flexibility index (Phi) is 3.32. The zero-order chi connectivity index (χ0) is 14.9. The molecule has 0 amide bonds. The van der Waals surface area contributed by atoms with Gasteiger partial charge in [0.15, 0.2) is 0 Å². The number of hydrogen-bond donors (Lipinski definition) is 0. The minimum absolute atomic E-state index is 1.04. The molecule has 0 saturated carbocycles. The van der Waals surface area contributed by atoms with Crippen LogP contribution in [0.15, 0.2) is 77.7 Å². The van der Waals surface area contributed by atoms with E-state index in [-0.39, 0.29) is 0 Å². The number of rotatable bonds is 2. The van der Waals surface area contributed by atoms with E-state index >= 15 is 0 Å². The van der Waals surface area contributed by atoms with E-state index in [9.17, 15) is 0 Å². The highest BCUT2D eigenvalue weighted by Gasteiger charge is 2.16. The summed E-state index contributed by atoms with van der Waals surface area (Å²) in [5.74, 6) is 0. The molecule has 2 aromatic rings. The third-order valence-corrected chi connectivity index (χ3v) is 4.74. The number of benzene rings is 1. The first kappa shape index (κ1) is 13.4. The van der Waals surface area contributed by atoms with Crippen LogP contribution in [0.5, 0.6) is 0 Å². The standard InChI is InChI=1S/C20H15NS/c1-22-20-13-17(15-8-3-2-4-9-16(15)20)19-12-11-14-7-5-6-10-18(14)21-19/h2-13H,1H3. The summed E-state index contributed by atoms with van der Waals surface area (Å²) in [6, 6.07) is 25.4. The van der Waals surface area contributed by atoms with Crippen LogP contribution in [0.25, 0.3) is 33.3 Å². The van der Waals surface area contributed by atoms with Crippen molar-refractivity contribution in [2.75, 3.05) is 6.26 Å². The molecule has 2 heteroatoms. The number of hydrogen-bond acceptors (Lipinski definition) is 2. The molecule has 0 saturated heterocycles. The van der Waals surface area contributed by atoms with E-state index in [0.29, 0.717) is 0 Å². The topological polar surface area (TPSA) is 12.9 Å². The van der Waals surface area contributed by atoms with Crippen molar-refractivity contribution in [3.63, 3.8) is 0 Å². The molecular weight excluding hydrogens is 286 g/mol. The summed E-state index contributed by atoms with van der Waals surface area (Å²) < 4.78 is 0. The summed E-state index contributed by atoms with van der Waals surface area (Å²) in [5, 5.41) is 1.18. The van der Waals surface area contributed by atoms with Crippen LogP contribution in [0.3, 0.4) is 0 Å². The fourth-order valence-electron chi connectivity index (χ4n) is 2.88. The number of thioether (sulfide) groups is 1. The van der Waals surface area contributed by atoms with Crippen molar-refractivity contribution < 1.29 is 0 Å². The molecule has 4 rings (SSSR count). The predicted molar refractivity (Wildman–Crippen MR) is 95.6 cm³/mol. The Morgan fingerprint density at radius 1 is 0.727 bits per heavy atom. The zero-order valence-corrected chi connectivity index (χ0v) is 13.1. The first-order chi connectivity index (χ1) is 10.9. The summed E-state index contributed by atoms with van der Waals surface area (Å²) in [6.07, 6.45) is 2.12. The molecule has 2 aliphatic carbocycles. The predicted octanol–water partition coefficient (Wildman–Crippen LogP) is 5.73. The summed E-state index contributed by atoms with van der Waals surface area (Å²) >= 11 is 1.79. The molecule has 1 heterocycles. The Balaban J connectivity index is 1.97. The Morgan fingerprint density at radius 2 is 1.50 bits per heavy atom. The number of pyridine rings is 1. The fraction of sp³-hybridized carbons (Fsp3) is 0.0500. The van der Waals surface area contributed by atoms with Gasteiger partial charge >= 0.3 is 0 Å². The van der Waals surface area contributed by atoms with Crippen molar-refractivity contribution in [3.8, 4) is 22.4 Å². The molecular formula is C20H15NS. The van der Waals surface area contributed by atoms with Crippen LogP contribution in [-0.2, 0) is 0 Å². The average Bonchev–Trinajstić information content (AvgIpc) is 2.75. The van der Waals surface area contributed by atoms with Crippen LogP contribution < -0.4 is 0 Å². The minimum Gasteiger partial charge on any atom is -0.248 e. The molecule has 1 aromatic carbocycles. The van der Waals surface area contributed by atoms with Crippen molar-refractivity contribution in [2.45, 2.75) is 4.90 Å². The van der Waals surface area contributed by atoms with E-state index in [1.54, 1.807) is 11.8 Å². The van der Waals surface area contributed by atoms with Gasteiger partial charge in [0.2, 0.25) is 0 Å². The molecule has 0 atom stereocenters. The molecule has 1 nitrogen and oxygen atoms in total. The summed E-state index contributed by atoms with van der Waals surface area (Å²) in [6.45, 7) is 0. The number of para-hydroxylation sites is 1. The summed E-state index contributed by atoms with van der Waals surface area (Å²) in [4.78, 5) is 6.16. The van der Waals surface area contributed by atoms with Crippen molar-refractivity contribution >= 4 is 22.7 Å². The van der Waals surface area contributed by atoms with Gasteiger partial charge in [-0.25, -0.2) is 4.98 Å². The second-order valence-electron chi connectivity index (χ2n) is 5.25. The van der Waals surface area contributed by atoms with Crippen molar-refractivity contribution in [2.24, 2.45) is 0 Å². The van der Waals surface area contributed by atoms with Gasteiger partial charge in [0, 0.05) is 15.8 Å². The Bertz CT molecular complexity index is 929. The van der Waals surface area contributed by atoms with Gasteiger partial charge in [-0.3, -0.25) is 0 Å². The first-order valence-corrected chi connectivity index (χ1v) is 8.51. The van der Waals surface area contributed by atoms with E-state index in [0.717, 1.165) is 11.2 Å². The molecule has 106 valence electrons. The molecule has 22 heavy (non-hydrogen) atoms. The van der Waals surface area contributed by atoms with E-state index in [2.05, 4.69) is 66.9 Å².